The number of carbonyl (C=O) groups excluding carboxylic acids is 1. The fourth-order valence-electron chi connectivity index (χ4n) is 3.41. The molecule has 25 heavy (non-hydrogen) atoms. The van der Waals surface area contributed by atoms with Crippen molar-refractivity contribution in [3.8, 4) is 0 Å². The van der Waals surface area contributed by atoms with Crippen molar-refractivity contribution in [2.24, 2.45) is 0 Å². The second-order valence-corrected chi connectivity index (χ2v) is 7.53. The minimum Gasteiger partial charge on any atom is -0.320 e. The van der Waals surface area contributed by atoms with Crippen LogP contribution in [-0.4, -0.2) is 23.9 Å². The molecule has 0 radical (unpaired) electrons. The molecule has 6 nitrogen and oxygen atoms in total. The topological polar surface area (TPSA) is 76.7 Å². The molecular formula is C18H22N3O3S+. The Balaban J connectivity index is 1.73. The van der Waals surface area contributed by atoms with Gasteiger partial charge in [0.15, 0.2) is 6.54 Å². The number of likely N-dealkylation sites (tertiary alicyclic amines) is 1. The number of benzene rings is 1. The molecule has 0 bridgehead atoms. The number of quaternary nitrogens is 1. The van der Waals surface area contributed by atoms with Gasteiger partial charge in [-0.15, -0.1) is 11.3 Å². The van der Waals surface area contributed by atoms with Crippen LogP contribution in [0.4, 0.5) is 11.4 Å². The van der Waals surface area contributed by atoms with Gasteiger partial charge in [0.05, 0.1) is 16.3 Å². The zero-order valence-electron chi connectivity index (χ0n) is 14.4. The lowest BCUT2D eigenvalue weighted by Gasteiger charge is -2.20. The Kier molecular flexibility index (Phi) is 5.15. The fourth-order valence-corrected chi connectivity index (χ4v) is 4.33. The van der Waals surface area contributed by atoms with Crippen molar-refractivity contribution < 1.29 is 14.6 Å². The lowest BCUT2D eigenvalue weighted by Crippen LogP contribution is -3.11. The molecule has 0 spiro atoms. The van der Waals surface area contributed by atoms with Crippen molar-refractivity contribution in [2.75, 3.05) is 18.4 Å². The molecule has 1 aromatic heterocycles. The third kappa shape index (κ3) is 3.88. The van der Waals surface area contributed by atoms with Crippen molar-refractivity contribution in [3.63, 3.8) is 0 Å². The molecule has 7 heteroatoms. The van der Waals surface area contributed by atoms with E-state index in [4.69, 9.17) is 0 Å². The highest BCUT2D eigenvalue weighted by Gasteiger charge is 2.32. The van der Waals surface area contributed by atoms with Crippen LogP contribution in [-0.2, 0) is 4.79 Å². The predicted molar refractivity (Wildman–Crippen MR) is 98.2 cm³/mol. The number of thiophene rings is 1. The van der Waals surface area contributed by atoms with Gasteiger partial charge in [0.1, 0.15) is 11.7 Å². The first kappa shape index (κ1) is 17.6. The summed E-state index contributed by atoms with van der Waals surface area (Å²) >= 11 is 1.72. The number of carbonyl (C=O) groups is 1. The molecule has 0 saturated carbocycles. The Morgan fingerprint density at radius 1 is 1.40 bits per heavy atom. The number of rotatable bonds is 5. The maximum Gasteiger partial charge on any atom is 0.293 e. The van der Waals surface area contributed by atoms with E-state index in [1.54, 1.807) is 17.4 Å². The van der Waals surface area contributed by atoms with Gasteiger partial charge in [0.25, 0.3) is 11.6 Å². The van der Waals surface area contributed by atoms with Gasteiger partial charge in [-0.2, -0.15) is 0 Å². The maximum atomic E-state index is 12.5. The highest BCUT2D eigenvalue weighted by molar-refractivity contribution is 7.10. The van der Waals surface area contributed by atoms with Gasteiger partial charge >= 0.3 is 0 Å². The predicted octanol–water partition coefficient (Wildman–Crippen LogP) is 2.63. The number of nitro benzene ring substituents is 1. The number of hydrogen-bond acceptors (Lipinski definition) is 4. The van der Waals surface area contributed by atoms with Gasteiger partial charge in [-0.1, -0.05) is 6.07 Å². The average molecular weight is 360 g/mol. The molecule has 1 saturated heterocycles. The lowest BCUT2D eigenvalue weighted by atomic mass is 10.1. The second kappa shape index (κ2) is 7.33. The van der Waals surface area contributed by atoms with Crippen LogP contribution >= 0.6 is 11.3 Å². The quantitative estimate of drug-likeness (QED) is 0.636. The van der Waals surface area contributed by atoms with Crippen molar-refractivity contribution in [3.05, 3.63) is 55.8 Å². The highest BCUT2D eigenvalue weighted by Crippen LogP contribution is 2.28. The normalized spacial score (nSPS) is 19.8. The first-order valence-corrected chi connectivity index (χ1v) is 9.27. The molecule has 1 aromatic carbocycles. The molecule has 2 N–H and O–H groups in total. The van der Waals surface area contributed by atoms with E-state index in [9.17, 15) is 14.9 Å². The minimum atomic E-state index is -0.445. The first-order valence-electron chi connectivity index (χ1n) is 8.39. The van der Waals surface area contributed by atoms with E-state index in [-0.39, 0.29) is 17.3 Å². The van der Waals surface area contributed by atoms with Crippen LogP contribution in [0, 0.1) is 24.0 Å². The number of anilines is 1. The van der Waals surface area contributed by atoms with Crippen molar-refractivity contribution in [1.29, 1.82) is 0 Å². The van der Waals surface area contributed by atoms with Gasteiger partial charge < -0.3 is 10.2 Å². The fraction of sp³-hybridized carbons (Fsp3) is 0.389. The van der Waals surface area contributed by atoms with Crippen LogP contribution in [0.25, 0.3) is 0 Å². The number of nitrogens with one attached hydrogen (secondary N) is 2. The van der Waals surface area contributed by atoms with E-state index in [0.29, 0.717) is 12.6 Å². The van der Waals surface area contributed by atoms with E-state index in [0.717, 1.165) is 30.5 Å². The molecule has 1 unspecified atom stereocenters. The highest BCUT2D eigenvalue weighted by atomic mass is 32.1. The van der Waals surface area contributed by atoms with Crippen LogP contribution in [0.5, 0.6) is 0 Å². The lowest BCUT2D eigenvalue weighted by molar-refractivity contribution is -0.910. The molecule has 1 aliphatic heterocycles. The summed E-state index contributed by atoms with van der Waals surface area (Å²) in [6, 6.07) is 7.70. The first-order chi connectivity index (χ1) is 12.0. The van der Waals surface area contributed by atoms with Crippen molar-refractivity contribution in [1.82, 2.24) is 0 Å². The van der Waals surface area contributed by atoms with Crippen LogP contribution in [0.2, 0.25) is 0 Å². The van der Waals surface area contributed by atoms with E-state index < -0.39 is 4.92 Å². The Hall–Kier alpha value is -2.25. The number of aryl methyl sites for hydroxylation is 2. The third-order valence-electron chi connectivity index (χ3n) is 4.84. The van der Waals surface area contributed by atoms with Crippen LogP contribution in [0.3, 0.4) is 0 Å². The molecular weight excluding hydrogens is 338 g/mol. The average Bonchev–Trinajstić information content (AvgIpc) is 3.21. The van der Waals surface area contributed by atoms with Gasteiger partial charge in [-0.25, -0.2) is 0 Å². The van der Waals surface area contributed by atoms with Gasteiger partial charge in [0, 0.05) is 18.9 Å². The third-order valence-corrected chi connectivity index (χ3v) is 5.83. The monoisotopic (exact) mass is 360 g/mol. The summed E-state index contributed by atoms with van der Waals surface area (Å²) in [5.74, 6) is -0.176. The van der Waals surface area contributed by atoms with Gasteiger partial charge in [-0.3, -0.25) is 14.9 Å². The minimum absolute atomic E-state index is 0.0531. The molecule has 2 heterocycles. The zero-order chi connectivity index (χ0) is 18.0. The Labute approximate surface area is 150 Å². The summed E-state index contributed by atoms with van der Waals surface area (Å²) in [4.78, 5) is 25.9. The Bertz CT molecular complexity index is 789. The van der Waals surface area contributed by atoms with E-state index in [1.807, 2.05) is 19.9 Å². The summed E-state index contributed by atoms with van der Waals surface area (Å²) in [6.07, 6.45) is 2.17. The van der Waals surface area contributed by atoms with Gasteiger partial charge in [0.2, 0.25) is 0 Å². The van der Waals surface area contributed by atoms with Crippen LogP contribution in [0.1, 0.15) is 34.9 Å². The summed E-state index contributed by atoms with van der Waals surface area (Å²) in [5.41, 5.74) is 1.99. The van der Waals surface area contributed by atoms with Crippen molar-refractivity contribution in [2.45, 2.75) is 32.7 Å². The molecule has 2 atom stereocenters. The number of nitro groups is 1. The van der Waals surface area contributed by atoms with Gasteiger partial charge in [-0.05, 0) is 42.5 Å². The summed E-state index contributed by atoms with van der Waals surface area (Å²) in [5, 5.41) is 16.1. The summed E-state index contributed by atoms with van der Waals surface area (Å²) in [6.45, 7) is 4.98. The molecule has 2 aromatic rings. The number of nitrogens with zero attached hydrogens (tertiary/aromatic N) is 1. The maximum absolute atomic E-state index is 12.5. The molecule has 1 amide bonds. The van der Waals surface area contributed by atoms with E-state index in [2.05, 4.69) is 16.8 Å². The largest absolute Gasteiger partial charge is 0.320 e. The standard InChI is InChI=1S/C18H21N3O3S/c1-12-9-14(16(21(23)24)10-13(12)2)19-18(22)11-20-7-3-5-15(20)17-6-4-8-25-17/h4,6,8-10,15H,3,5,7,11H2,1-2H3,(H,19,22)/p+1/t15-/m0/s1. The molecule has 0 aliphatic carbocycles. The molecule has 1 aliphatic rings. The van der Waals surface area contributed by atoms with Crippen molar-refractivity contribution >= 4 is 28.6 Å². The summed E-state index contributed by atoms with van der Waals surface area (Å²) < 4.78 is 0. The Morgan fingerprint density at radius 2 is 2.16 bits per heavy atom. The second-order valence-electron chi connectivity index (χ2n) is 6.55. The summed E-state index contributed by atoms with van der Waals surface area (Å²) in [7, 11) is 0. The molecule has 3 rings (SSSR count). The number of amides is 1. The zero-order valence-corrected chi connectivity index (χ0v) is 15.2. The van der Waals surface area contributed by atoms with Crippen LogP contribution < -0.4 is 10.2 Å². The number of hydrogen-bond donors (Lipinski definition) is 2. The SMILES string of the molecule is Cc1cc(NC(=O)C[NH+]2CCC[C@H]2c2cccs2)c([N+](=O)[O-])cc1C. The van der Waals surface area contributed by atoms with E-state index >= 15 is 0 Å². The smallest absolute Gasteiger partial charge is 0.293 e. The van der Waals surface area contributed by atoms with Crippen LogP contribution in [0.15, 0.2) is 29.6 Å². The molecule has 132 valence electrons. The Morgan fingerprint density at radius 3 is 2.84 bits per heavy atom. The molecule has 1 fully saturated rings. The van der Waals surface area contributed by atoms with E-state index in [1.165, 1.54) is 15.8 Å².